The molecule has 2 aromatic heterocycles. The van der Waals surface area contributed by atoms with E-state index in [1.807, 2.05) is 31.2 Å². The van der Waals surface area contributed by atoms with Crippen LogP contribution in [0.4, 0.5) is 5.82 Å². The van der Waals surface area contributed by atoms with Crippen molar-refractivity contribution in [2.75, 3.05) is 18.0 Å². The number of fused-ring (bicyclic) bond motifs is 1. The first kappa shape index (κ1) is 18.2. The molecule has 0 atom stereocenters. The molecule has 0 bridgehead atoms. The van der Waals surface area contributed by atoms with E-state index in [0.717, 1.165) is 52.4 Å². The van der Waals surface area contributed by atoms with Gasteiger partial charge in [-0.25, -0.2) is 9.97 Å². The van der Waals surface area contributed by atoms with E-state index in [1.165, 1.54) is 6.42 Å². The Morgan fingerprint density at radius 3 is 2.78 bits per heavy atom. The quantitative estimate of drug-likeness (QED) is 0.696. The fraction of sp³-hybridized carbons (Fsp3) is 0.350. The summed E-state index contributed by atoms with van der Waals surface area (Å²) in [5, 5.41) is 4.54. The number of nitrogens with zero attached hydrogens (tertiary/aromatic N) is 3. The number of rotatable bonds is 4. The number of piperidine rings is 1. The SMILES string of the molecule is Cc1sc2ncnc(N3CCCCC3)c2c1C(=O)NCc1ccccc1Cl. The number of nitrogens with one attached hydrogen (secondary N) is 1. The molecule has 0 radical (unpaired) electrons. The highest BCUT2D eigenvalue weighted by atomic mass is 35.5. The van der Waals surface area contributed by atoms with Crippen LogP contribution in [0, 0.1) is 6.92 Å². The van der Waals surface area contributed by atoms with E-state index in [9.17, 15) is 4.79 Å². The molecule has 0 unspecified atom stereocenters. The molecule has 0 spiro atoms. The molecule has 3 aromatic rings. The van der Waals surface area contributed by atoms with Crippen molar-refractivity contribution in [1.82, 2.24) is 15.3 Å². The average Bonchev–Trinajstić information content (AvgIpc) is 3.03. The monoisotopic (exact) mass is 400 g/mol. The Bertz CT molecular complexity index is 981. The standard InChI is InChI=1S/C20H21ClN4OS/c1-13-16(19(26)22-11-14-7-3-4-8-15(14)21)17-18(23-12-24-20(17)27-13)25-9-5-2-6-10-25/h3-4,7-8,12H,2,5-6,9-11H2,1H3,(H,22,26). The third-order valence-corrected chi connectivity index (χ3v) is 6.31. The van der Waals surface area contributed by atoms with Crippen LogP contribution in [-0.2, 0) is 6.54 Å². The van der Waals surface area contributed by atoms with Crippen LogP contribution < -0.4 is 10.2 Å². The van der Waals surface area contributed by atoms with Gasteiger partial charge in [0.2, 0.25) is 0 Å². The normalized spacial score (nSPS) is 14.5. The Labute approximate surface area is 167 Å². The van der Waals surface area contributed by atoms with Crippen LogP contribution >= 0.6 is 22.9 Å². The highest BCUT2D eigenvalue weighted by molar-refractivity contribution is 7.19. The lowest BCUT2D eigenvalue weighted by molar-refractivity contribution is 0.0952. The van der Waals surface area contributed by atoms with Gasteiger partial charge in [0.05, 0.1) is 10.9 Å². The lowest BCUT2D eigenvalue weighted by Gasteiger charge is -2.28. The Morgan fingerprint density at radius 2 is 2.00 bits per heavy atom. The molecule has 140 valence electrons. The first-order valence-corrected chi connectivity index (χ1v) is 10.3. The number of aryl methyl sites for hydroxylation is 1. The predicted octanol–water partition coefficient (Wildman–Crippen LogP) is 4.57. The number of anilines is 1. The van der Waals surface area contributed by atoms with Crippen LogP contribution in [-0.4, -0.2) is 29.0 Å². The number of carbonyl (C=O) groups excluding carboxylic acids is 1. The lowest BCUT2D eigenvalue weighted by Crippen LogP contribution is -2.31. The molecule has 1 amide bonds. The van der Waals surface area contributed by atoms with Crippen molar-refractivity contribution in [1.29, 1.82) is 0 Å². The zero-order chi connectivity index (χ0) is 18.8. The molecule has 0 aliphatic carbocycles. The van der Waals surface area contributed by atoms with Crippen LogP contribution in [0.15, 0.2) is 30.6 Å². The molecular weight excluding hydrogens is 380 g/mol. The molecule has 1 fully saturated rings. The Morgan fingerprint density at radius 1 is 1.22 bits per heavy atom. The minimum atomic E-state index is -0.105. The van der Waals surface area contributed by atoms with E-state index in [-0.39, 0.29) is 5.91 Å². The third kappa shape index (κ3) is 3.64. The van der Waals surface area contributed by atoms with Crippen LogP contribution in [0.3, 0.4) is 0 Å². The molecular formula is C20H21ClN4OS. The number of hydrogen-bond donors (Lipinski definition) is 1. The molecule has 3 heterocycles. The van der Waals surface area contributed by atoms with Gasteiger partial charge in [-0.15, -0.1) is 11.3 Å². The largest absolute Gasteiger partial charge is 0.356 e. The maximum atomic E-state index is 13.0. The first-order chi connectivity index (χ1) is 13.1. The summed E-state index contributed by atoms with van der Waals surface area (Å²) >= 11 is 7.76. The summed E-state index contributed by atoms with van der Waals surface area (Å²) in [6.45, 7) is 4.31. The van der Waals surface area contributed by atoms with E-state index >= 15 is 0 Å². The summed E-state index contributed by atoms with van der Waals surface area (Å²) in [5.74, 6) is 0.777. The van der Waals surface area contributed by atoms with Crippen LogP contribution in [0.1, 0.15) is 40.1 Å². The molecule has 5 nitrogen and oxygen atoms in total. The molecule has 1 aromatic carbocycles. The van der Waals surface area contributed by atoms with Gasteiger partial charge in [-0.3, -0.25) is 4.79 Å². The smallest absolute Gasteiger partial charge is 0.253 e. The van der Waals surface area contributed by atoms with Crippen molar-refractivity contribution in [3.63, 3.8) is 0 Å². The summed E-state index contributed by atoms with van der Waals surface area (Å²) in [6, 6.07) is 7.55. The van der Waals surface area contributed by atoms with Gasteiger partial charge in [-0.1, -0.05) is 29.8 Å². The third-order valence-electron chi connectivity index (χ3n) is 4.92. The van der Waals surface area contributed by atoms with E-state index in [1.54, 1.807) is 17.7 Å². The van der Waals surface area contributed by atoms with Gasteiger partial charge in [0.15, 0.2) is 0 Å². The average molecular weight is 401 g/mol. The van der Waals surface area contributed by atoms with Crippen molar-refractivity contribution in [3.05, 3.63) is 51.6 Å². The highest BCUT2D eigenvalue weighted by Crippen LogP contribution is 2.35. The summed E-state index contributed by atoms with van der Waals surface area (Å²) in [4.78, 5) is 26.1. The summed E-state index contributed by atoms with van der Waals surface area (Å²) in [6.07, 6.45) is 5.16. The predicted molar refractivity (Wildman–Crippen MR) is 111 cm³/mol. The van der Waals surface area contributed by atoms with Gasteiger partial charge in [0.1, 0.15) is 17.0 Å². The number of aromatic nitrogens is 2. The van der Waals surface area contributed by atoms with Crippen molar-refractivity contribution in [2.24, 2.45) is 0 Å². The van der Waals surface area contributed by atoms with Gasteiger partial charge >= 0.3 is 0 Å². The second-order valence-electron chi connectivity index (χ2n) is 6.73. The number of halogens is 1. The Balaban J connectivity index is 1.67. The van der Waals surface area contributed by atoms with E-state index in [2.05, 4.69) is 20.2 Å². The number of benzene rings is 1. The highest BCUT2D eigenvalue weighted by Gasteiger charge is 2.24. The number of carbonyl (C=O) groups is 1. The molecule has 1 aliphatic heterocycles. The van der Waals surface area contributed by atoms with Crippen LogP contribution in [0.2, 0.25) is 5.02 Å². The summed E-state index contributed by atoms with van der Waals surface area (Å²) in [7, 11) is 0. The zero-order valence-electron chi connectivity index (χ0n) is 15.2. The molecule has 1 N–H and O–H groups in total. The van der Waals surface area contributed by atoms with E-state index in [4.69, 9.17) is 11.6 Å². The molecule has 1 saturated heterocycles. The molecule has 7 heteroatoms. The summed E-state index contributed by atoms with van der Waals surface area (Å²) < 4.78 is 0. The fourth-order valence-electron chi connectivity index (χ4n) is 3.55. The van der Waals surface area contributed by atoms with Crippen molar-refractivity contribution >= 4 is 44.9 Å². The van der Waals surface area contributed by atoms with Crippen molar-refractivity contribution in [3.8, 4) is 0 Å². The first-order valence-electron chi connectivity index (χ1n) is 9.16. The minimum absolute atomic E-state index is 0.105. The van der Waals surface area contributed by atoms with E-state index < -0.39 is 0 Å². The van der Waals surface area contributed by atoms with Crippen molar-refractivity contribution < 1.29 is 4.79 Å². The topological polar surface area (TPSA) is 58.1 Å². The van der Waals surface area contributed by atoms with Gasteiger partial charge in [0.25, 0.3) is 5.91 Å². The number of hydrogen-bond acceptors (Lipinski definition) is 5. The van der Waals surface area contributed by atoms with E-state index in [0.29, 0.717) is 17.1 Å². The van der Waals surface area contributed by atoms with Gasteiger partial charge < -0.3 is 10.2 Å². The van der Waals surface area contributed by atoms with Gasteiger partial charge in [-0.2, -0.15) is 0 Å². The maximum Gasteiger partial charge on any atom is 0.253 e. The fourth-order valence-corrected chi connectivity index (χ4v) is 4.74. The Kier molecular flexibility index (Phi) is 5.27. The van der Waals surface area contributed by atoms with Crippen LogP contribution in [0.25, 0.3) is 10.2 Å². The van der Waals surface area contributed by atoms with Crippen molar-refractivity contribution in [2.45, 2.75) is 32.7 Å². The summed E-state index contributed by atoms with van der Waals surface area (Å²) in [5.41, 5.74) is 1.58. The zero-order valence-corrected chi connectivity index (χ0v) is 16.7. The molecule has 0 saturated carbocycles. The van der Waals surface area contributed by atoms with Gasteiger partial charge in [0, 0.05) is 29.5 Å². The molecule has 27 heavy (non-hydrogen) atoms. The maximum absolute atomic E-state index is 13.0. The minimum Gasteiger partial charge on any atom is -0.356 e. The number of thiophene rings is 1. The molecule has 4 rings (SSSR count). The second kappa shape index (κ2) is 7.82. The lowest BCUT2D eigenvalue weighted by atomic mass is 10.1. The number of amides is 1. The van der Waals surface area contributed by atoms with Gasteiger partial charge in [-0.05, 0) is 37.8 Å². The van der Waals surface area contributed by atoms with Crippen LogP contribution in [0.5, 0.6) is 0 Å². The molecule has 1 aliphatic rings. The Hall–Kier alpha value is -2.18. The second-order valence-corrected chi connectivity index (χ2v) is 8.34.